The summed E-state index contributed by atoms with van der Waals surface area (Å²) in [7, 11) is 0. The van der Waals surface area contributed by atoms with Gasteiger partial charge in [0, 0.05) is 22.5 Å². The predicted octanol–water partition coefficient (Wildman–Crippen LogP) is 6.01. The number of aliphatic carboxylic acids is 1. The third kappa shape index (κ3) is 4.84. The van der Waals surface area contributed by atoms with Gasteiger partial charge in [0.25, 0.3) is 0 Å². The molecule has 5 nitrogen and oxygen atoms in total. The molecule has 0 aliphatic rings. The van der Waals surface area contributed by atoms with Gasteiger partial charge in [-0.05, 0) is 30.3 Å². The highest BCUT2D eigenvalue weighted by Gasteiger charge is 2.20. The molecule has 0 aromatic heterocycles. The fourth-order valence-corrected chi connectivity index (χ4v) is 3.46. The molecule has 0 heterocycles. The molecule has 4 aromatic carbocycles. The largest absolute Gasteiger partial charge is 0.479 e. The van der Waals surface area contributed by atoms with Gasteiger partial charge in [-0.25, -0.2) is 4.79 Å². The van der Waals surface area contributed by atoms with E-state index in [-0.39, 0.29) is 0 Å². The smallest absolute Gasteiger partial charge is 0.344 e. The maximum absolute atomic E-state index is 11.0. The van der Waals surface area contributed by atoms with E-state index in [4.69, 9.17) is 9.94 Å². The maximum atomic E-state index is 11.0. The third-order valence-corrected chi connectivity index (χ3v) is 4.82. The van der Waals surface area contributed by atoms with Crippen molar-refractivity contribution in [3.8, 4) is 0 Å². The van der Waals surface area contributed by atoms with E-state index in [0.717, 1.165) is 28.2 Å². The van der Waals surface area contributed by atoms with Crippen LogP contribution in [0.4, 0.5) is 17.1 Å². The van der Waals surface area contributed by atoms with Crippen LogP contribution in [0.1, 0.15) is 11.1 Å². The molecule has 32 heavy (non-hydrogen) atoms. The zero-order valence-corrected chi connectivity index (χ0v) is 17.3. The second-order valence-corrected chi connectivity index (χ2v) is 7.00. The van der Waals surface area contributed by atoms with Crippen molar-refractivity contribution in [2.45, 2.75) is 0 Å². The molecule has 5 heteroatoms. The van der Waals surface area contributed by atoms with E-state index in [1.54, 1.807) is 0 Å². The molecule has 0 saturated heterocycles. The Balaban J connectivity index is 1.89. The van der Waals surface area contributed by atoms with Gasteiger partial charge in [-0.3, -0.25) is 0 Å². The number of hydrogen-bond acceptors (Lipinski definition) is 4. The number of anilines is 3. The Morgan fingerprint density at radius 1 is 0.719 bits per heavy atom. The van der Waals surface area contributed by atoms with Crippen molar-refractivity contribution >= 4 is 28.7 Å². The van der Waals surface area contributed by atoms with E-state index in [9.17, 15) is 4.79 Å². The molecular formula is C27H22N2O3. The molecule has 0 aliphatic heterocycles. The molecule has 0 amide bonds. The topological polar surface area (TPSA) is 62.1 Å². The quantitative estimate of drug-likeness (QED) is 0.279. The number of nitrogens with zero attached hydrogens (tertiary/aromatic N) is 2. The first-order valence-corrected chi connectivity index (χ1v) is 10.2. The Hall–Kier alpha value is -4.38. The van der Waals surface area contributed by atoms with Crippen LogP contribution in [-0.2, 0) is 9.63 Å². The zero-order valence-electron chi connectivity index (χ0n) is 17.3. The van der Waals surface area contributed by atoms with Crippen LogP contribution in [0.2, 0.25) is 0 Å². The lowest BCUT2D eigenvalue weighted by molar-refractivity contribution is -0.142. The van der Waals surface area contributed by atoms with Crippen molar-refractivity contribution in [2.24, 2.45) is 5.16 Å². The lowest BCUT2D eigenvalue weighted by atomic mass is 9.99. The summed E-state index contributed by atoms with van der Waals surface area (Å²) in [6.07, 6.45) is 0. The average molecular weight is 422 g/mol. The van der Waals surface area contributed by atoms with E-state index in [2.05, 4.69) is 10.1 Å². The van der Waals surface area contributed by atoms with Gasteiger partial charge in [-0.2, -0.15) is 0 Å². The SMILES string of the molecule is O=C(O)CO/N=C(\c1ccccc1)c1ccccc1N(c1ccccc1)c1ccccc1. The Labute approximate surface area is 186 Å². The first-order valence-electron chi connectivity index (χ1n) is 10.2. The Bertz CT molecular complexity index is 1150. The van der Waals surface area contributed by atoms with Crippen LogP contribution in [0, 0.1) is 0 Å². The number of carboxylic acids is 1. The van der Waals surface area contributed by atoms with Crippen LogP contribution in [0.3, 0.4) is 0 Å². The number of carboxylic acid groups (broad SMARTS) is 1. The maximum Gasteiger partial charge on any atom is 0.344 e. The second-order valence-electron chi connectivity index (χ2n) is 7.00. The molecule has 158 valence electrons. The average Bonchev–Trinajstić information content (AvgIpc) is 2.84. The Kier molecular flexibility index (Phi) is 6.58. The van der Waals surface area contributed by atoms with Gasteiger partial charge in [-0.15, -0.1) is 0 Å². The highest BCUT2D eigenvalue weighted by Crippen LogP contribution is 2.37. The zero-order chi connectivity index (χ0) is 22.2. The van der Waals surface area contributed by atoms with E-state index >= 15 is 0 Å². The minimum absolute atomic E-state index is 0.514. The van der Waals surface area contributed by atoms with Crippen molar-refractivity contribution in [1.82, 2.24) is 0 Å². The molecule has 0 fully saturated rings. The third-order valence-electron chi connectivity index (χ3n) is 4.82. The summed E-state index contributed by atoms with van der Waals surface area (Å²) in [5.74, 6) is -1.08. The van der Waals surface area contributed by atoms with Crippen molar-refractivity contribution in [1.29, 1.82) is 0 Å². The first-order chi connectivity index (χ1) is 15.7. The molecule has 0 atom stereocenters. The van der Waals surface area contributed by atoms with Gasteiger partial charge in [0.2, 0.25) is 6.61 Å². The van der Waals surface area contributed by atoms with Crippen LogP contribution in [-0.4, -0.2) is 23.4 Å². The lowest BCUT2D eigenvalue weighted by Crippen LogP contribution is -2.16. The Morgan fingerprint density at radius 3 is 1.78 bits per heavy atom. The van der Waals surface area contributed by atoms with E-state index in [1.165, 1.54) is 0 Å². The normalized spacial score (nSPS) is 11.1. The van der Waals surface area contributed by atoms with Gasteiger partial charge in [0.05, 0.1) is 5.69 Å². The predicted molar refractivity (Wildman–Crippen MR) is 127 cm³/mol. The number of para-hydroxylation sites is 3. The lowest BCUT2D eigenvalue weighted by Gasteiger charge is -2.28. The van der Waals surface area contributed by atoms with E-state index < -0.39 is 12.6 Å². The van der Waals surface area contributed by atoms with Gasteiger partial charge in [0.15, 0.2) is 0 Å². The van der Waals surface area contributed by atoms with E-state index in [1.807, 2.05) is 115 Å². The standard InChI is InChI=1S/C27H22N2O3/c30-26(31)20-32-28-27(21-12-4-1-5-13-21)24-18-10-11-19-25(24)29(22-14-6-2-7-15-22)23-16-8-3-9-17-23/h1-19H,20H2,(H,30,31)/b28-27+. The summed E-state index contributed by atoms with van der Waals surface area (Å²) in [4.78, 5) is 18.3. The van der Waals surface area contributed by atoms with E-state index in [0.29, 0.717) is 5.71 Å². The monoisotopic (exact) mass is 422 g/mol. The minimum Gasteiger partial charge on any atom is -0.479 e. The van der Waals surface area contributed by atoms with Crippen LogP contribution in [0.25, 0.3) is 0 Å². The Morgan fingerprint density at radius 2 is 1.22 bits per heavy atom. The van der Waals surface area contributed by atoms with Crippen molar-refractivity contribution in [3.63, 3.8) is 0 Å². The summed E-state index contributed by atoms with van der Waals surface area (Å²) in [5, 5.41) is 13.2. The molecule has 0 radical (unpaired) electrons. The fourth-order valence-electron chi connectivity index (χ4n) is 3.46. The van der Waals surface area contributed by atoms with Crippen LogP contribution >= 0.6 is 0 Å². The summed E-state index contributed by atoms with van der Waals surface area (Å²) < 4.78 is 0. The van der Waals surface area contributed by atoms with Gasteiger partial charge < -0.3 is 14.8 Å². The summed E-state index contributed by atoms with van der Waals surface area (Å²) in [6.45, 7) is -0.514. The molecule has 0 unspecified atom stereocenters. The van der Waals surface area contributed by atoms with Crippen LogP contribution < -0.4 is 4.90 Å². The van der Waals surface area contributed by atoms with Gasteiger partial charge >= 0.3 is 5.97 Å². The molecule has 4 rings (SSSR count). The molecule has 1 N–H and O–H groups in total. The van der Waals surface area contributed by atoms with Crippen molar-refractivity contribution in [3.05, 3.63) is 126 Å². The van der Waals surface area contributed by atoms with Crippen molar-refractivity contribution in [2.75, 3.05) is 11.5 Å². The van der Waals surface area contributed by atoms with Gasteiger partial charge in [-0.1, -0.05) is 90.1 Å². The molecule has 0 aliphatic carbocycles. The molecule has 0 spiro atoms. The molecular weight excluding hydrogens is 400 g/mol. The summed E-state index contributed by atoms with van der Waals surface area (Å²) >= 11 is 0. The minimum atomic E-state index is -1.08. The van der Waals surface area contributed by atoms with Crippen molar-refractivity contribution < 1.29 is 14.7 Å². The van der Waals surface area contributed by atoms with Crippen LogP contribution in [0.5, 0.6) is 0 Å². The number of hydrogen-bond donors (Lipinski definition) is 1. The highest BCUT2D eigenvalue weighted by molar-refractivity contribution is 6.16. The molecule has 0 saturated carbocycles. The highest BCUT2D eigenvalue weighted by atomic mass is 16.6. The second kappa shape index (κ2) is 10.1. The number of benzene rings is 4. The van der Waals surface area contributed by atoms with Gasteiger partial charge in [0.1, 0.15) is 5.71 Å². The number of carbonyl (C=O) groups is 1. The summed E-state index contributed by atoms with van der Waals surface area (Å²) in [6, 6.07) is 37.6. The first kappa shape index (κ1) is 20.9. The number of rotatable bonds is 8. The molecule has 4 aromatic rings. The molecule has 0 bridgehead atoms. The van der Waals surface area contributed by atoms with Crippen LogP contribution in [0.15, 0.2) is 120 Å². The summed E-state index contributed by atoms with van der Waals surface area (Å²) in [5.41, 5.74) is 5.07. The fraction of sp³-hybridized carbons (Fsp3) is 0.0370. The number of oxime groups is 1.